The highest BCUT2D eigenvalue weighted by atomic mass is 35.5. The van der Waals surface area contributed by atoms with E-state index in [1.54, 1.807) is 25.1 Å². The van der Waals surface area contributed by atoms with Crippen LogP contribution in [0.15, 0.2) is 23.1 Å². The standard InChI is InChI=1S/C26H35ClN2O4S/c1-16-21(27)6-5-7-22(16)34(32,33)29-26(8-3-2-4-9-26)23(30)12-20-18-10-17-11-19(20)15-25(13-17,14-18)24(28)31/h5-7,17-20,29H,2-4,8-15H2,1H3,(H2,28,31). The molecule has 2 unspecified atom stereocenters. The first-order valence-electron chi connectivity index (χ1n) is 12.7. The zero-order valence-corrected chi connectivity index (χ0v) is 21.4. The molecule has 186 valence electrons. The first kappa shape index (κ1) is 24.3. The number of nitrogens with two attached hydrogens (primary N) is 1. The van der Waals surface area contributed by atoms with Crippen LogP contribution in [0.3, 0.4) is 0 Å². The number of halogens is 1. The lowest BCUT2D eigenvalue weighted by Crippen LogP contribution is -2.59. The lowest BCUT2D eigenvalue weighted by atomic mass is 9.45. The molecule has 0 saturated heterocycles. The summed E-state index contributed by atoms with van der Waals surface area (Å²) >= 11 is 6.20. The predicted octanol–water partition coefficient (Wildman–Crippen LogP) is 4.52. The Labute approximate surface area is 207 Å². The van der Waals surface area contributed by atoms with Gasteiger partial charge in [0.15, 0.2) is 5.78 Å². The Hall–Kier alpha value is -1.44. The van der Waals surface area contributed by atoms with Gasteiger partial charge in [0.05, 0.1) is 10.4 Å². The smallest absolute Gasteiger partial charge is 0.241 e. The summed E-state index contributed by atoms with van der Waals surface area (Å²) in [5, 5.41) is 0.392. The van der Waals surface area contributed by atoms with Crippen molar-refractivity contribution >= 4 is 33.3 Å². The maximum atomic E-state index is 13.9. The molecule has 0 spiro atoms. The average molecular weight is 507 g/mol. The number of benzene rings is 1. The van der Waals surface area contributed by atoms with Crippen LogP contribution in [0.5, 0.6) is 0 Å². The lowest BCUT2D eigenvalue weighted by molar-refractivity contribution is -0.152. The van der Waals surface area contributed by atoms with Crippen LogP contribution in [-0.4, -0.2) is 25.6 Å². The highest BCUT2D eigenvalue weighted by Gasteiger charge is 2.58. The van der Waals surface area contributed by atoms with Gasteiger partial charge in [-0.25, -0.2) is 8.42 Å². The number of hydrogen-bond acceptors (Lipinski definition) is 4. The third-order valence-corrected chi connectivity index (χ3v) is 11.6. The number of rotatable bonds is 7. The van der Waals surface area contributed by atoms with Gasteiger partial charge in [-0.2, -0.15) is 4.72 Å². The van der Waals surface area contributed by atoms with Crippen LogP contribution in [0.1, 0.15) is 76.2 Å². The molecule has 1 aromatic rings. The Bertz CT molecular complexity index is 1100. The zero-order valence-electron chi connectivity index (χ0n) is 19.8. The van der Waals surface area contributed by atoms with E-state index in [0.717, 1.165) is 51.4 Å². The van der Waals surface area contributed by atoms with Crippen molar-refractivity contribution in [1.29, 1.82) is 0 Å². The Kier molecular flexibility index (Phi) is 6.13. The molecule has 4 bridgehead atoms. The van der Waals surface area contributed by atoms with Crippen molar-refractivity contribution in [2.75, 3.05) is 0 Å². The van der Waals surface area contributed by atoms with Crippen molar-refractivity contribution in [3.05, 3.63) is 28.8 Å². The Morgan fingerprint density at radius 3 is 2.35 bits per heavy atom. The van der Waals surface area contributed by atoms with Gasteiger partial charge < -0.3 is 5.73 Å². The van der Waals surface area contributed by atoms with Gasteiger partial charge in [0.2, 0.25) is 15.9 Å². The van der Waals surface area contributed by atoms with E-state index in [1.165, 1.54) is 0 Å². The fraction of sp³-hybridized carbons (Fsp3) is 0.692. The van der Waals surface area contributed by atoms with Gasteiger partial charge in [-0.3, -0.25) is 9.59 Å². The number of Topliss-reactive ketones (excluding diaryl/α,β-unsaturated/α-hetero) is 1. The molecule has 2 atom stereocenters. The van der Waals surface area contributed by atoms with Crippen LogP contribution in [0.4, 0.5) is 0 Å². The molecular weight excluding hydrogens is 472 g/mol. The molecule has 0 aromatic heterocycles. The molecule has 1 aromatic carbocycles. The summed E-state index contributed by atoms with van der Waals surface area (Å²) in [7, 11) is -3.92. The van der Waals surface area contributed by atoms with E-state index in [-0.39, 0.29) is 27.9 Å². The molecule has 34 heavy (non-hydrogen) atoms. The Morgan fingerprint density at radius 2 is 1.74 bits per heavy atom. The quantitative estimate of drug-likeness (QED) is 0.567. The van der Waals surface area contributed by atoms with E-state index < -0.39 is 15.6 Å². The fourth-order valence-corrected chi connectivity index (χ4v) is 9.90. The van der Waals surface area contributed by atoms with Gasteiger partial charge in [-0.1, -0.05) is 36.9 Å². The number of hydrogen-bond donors (Lipinski definition) is 2. The van der Waals surface area contributed by atoms with Crippen LogP contribution >= 0.6 is 11.6 Å². The summed E-state index contributed by atoms with van der Waals surface area (Å²) in [6.45, 7) is 1.69. The molecule has 6 nitrogen and oxygen atoms in total. The Morgan fingerprint density at radius 1 is 1.09 bits per heavy atom. The number of nitrogens with one attached hydrogen (secondary N) is 1. The van der Waals surface area contributed by atoms with Crippen LogP contribution in [0.25, 0.3) is 0 Å². The average Bonchev–Trinajstić information content (AvgIpc) is 2.77. The third-order valence-electron chi connectivity index (χ3n) is 9.49. The highest BCUT2D eigenvalue weighted by molar-refractivity contribution is 7.89. The van der Waals surface area contributed by atoms with Crippen LogP contribution in [-0.2, 0) is 19.6 Å². The number of carbonyl (C=O) groups is 2. The van der Waals surface area contributed by atoms with E-state index in [1.807, 2.05) is 0 Å². The van der Waals surface area contributed by atoms with Crippen LogP contribution < -0.4 is 10.5 Å². The summed E-state index contributed by atoms with van der Waals surface area (Å²) in [4.78, 5) is 26.4. The van der Waals surface area contributed by atoms with Crippen molar-refractivity contribution in [3.8, 4) is 0 Å². The normalized spacial score (nSPS) is 34.2. The molecule has 5 fully saturated rings. The highest BCUT2D eigenvalue weighted by Crippen LogP contribution is 2.63. The van der Waals surface area contributed by atoms with Gasteiger partial charge in [0, 0.05) is 16.9 Å². The number of primary amides is 1. The monoisotopic (exact) mass is 506 g/mol. The van der Waals surface area contributed by atoms with Crippen LogP contribution in [0.2, 0.25) is 5.02 Å². The number of amides is 1. The van der Waals surface area contributed by atoms with Gasteiger partial charge >= 0.3 is 0 Å². The molecule has 8 heteroatoms. The molecule has 0 radical (unpaired) electrons. The third kappa shape index (κ3) is 4.01. The second-order valence-electron chi connectivity index (χ2n) is 11.5. The maximum absolute atomic E-state index is 13.9. The van der Waals surface area contributed by atoms with Gasteiger partial charge in [0.1, 0.15) is 0 Å². The molecule has 5 aliphatic rings. The molecule has 0 heterocycles. The number of ketones is 1. The molecule has 0 aliphatic heterocycles. The first-order chi connectivity index (χ1) is 16.1. The molecule has 1 amide bonds. The van der Waals surface area contributed by atoms with E-state index in [0.29, 0.717) is 47.6 Å². The minimum atomic E-state index is -3.92. The van der Waals surface area contributed by atoms with E-state index in [4.69, 9.17) is 17.3 Å². The molecule has 5 aliphatic carbocycles. The lowest BCUT2D eigenvalue weighted by Gasteiger charge is -2.59. The van der Waals surface area contributed by atoms with Crippen molar-refractivity contribution in [2.45, 2.75) is 88.0 Å². The Balaban J connectivity index is 1.40. The van der Waals surface area contributed by atoms with Crippen LogP contribution in [0, 0.1) is 36.0 Å². The van der Waals surface area contributed by atoms with Gasteiger partial charge in [-0.15, -0.1) is 0 Å². The van der Waals surface area contributed by atoms with E-state index in [9.17, 15) is 18.0 Å². The zero-order chi connectivity index (χ0) is 24.3. The summed E-state index contributed by atoms with van der Waals surface area (Å²) < 4.78 is 29.8. The van der Waals surface area contributed by atoms with Gasteiger partial charge in [0.25, 0.3) is 0 Å². The molecule has 6 rings (SSSR count). The second kappa shape index (κ2) is 8.59. The van der Waals surface area contributed by atoms with Gasteiger partial charge in [-0.05, 0) is 93.2 Å². The largest absolute Gasteiger partial charge is 0.369 e. The van der Waals surface area contributed by atoms with E-state index >= 15 is 0 Å². The summed E-state index contributed by atoms with van der Waals surface area (Å²) in [6.07, 6.45) is 8.69. The van der Waals surface area contributed by atoms with Crippen molar-refractivity contribution < 1.29 is 18.0 Å². The van der Waals surface area contributed by atoms with Crippen molar-refractivity contribution in [2.24, 2.45) is 34.8 Å². The minimum Gasteiger partial charge on any atom is -0.369 e. The molecule has 5 saturated carbocycles. The minimum absolute atomic E-state index is 0.0149. The summed E-state index contributed by atoms with van der Waals surface area (Å²) in [5.41, 5.74) is 4.87. The van der Waals surface area contributed by atoms with E-state index in [2.05, 4.69) is 4.72 Å². The number of sulfonamides is 1. The SMILES string of the molecule is Cc1c(Cl)cccc1S(=O)(=O)NC1(C(=O)CC2C3CC4CC2CC(C(N)=O)(C4)C3)CCCCC1. The fourth-order valence-electron chi connectivity index (χ4n) is 7.96. The second-order valence-corrected chi connectivity index (χ2v) is 13.6. The van der Waals surface area contributed by atoms with Crippen molar-refractivity contribution in [3.63, 3.8) is 0 Å². The summed E-state index contributed by atoms with van der Waals surface area (Å²) in [5.74, 6) is 1.24. The predicted molar refractivity (Wildman–Crippen MR) is 131 cm³/mol. The molecular formula is C26H35ClN2O4S. The first-order valence-corrected chi connectivity index (χ1v) is 14.5. The molecule has 3 N–H and O–H groups in total. The number of carbonyl (C=O) groups excluding carboxylic acids is 2. The summed E-state index contributed by atoms with van der Waals surface area (Å²) in [6, 6.07) is 4.84. The topological polar surface area (TPSA) is 106 Å². The maximum Gasteiger partial charge on any atom is 0.241 e. The van der Waals surface area contributed by atoms with Crippen molar-refractivity contribution in [1.82, 2.24) is 4.72 Å².